The minimum Gasteiger partial charge on any atom is -0.348 e. The summed E-state index contributed by atoms with van der Waals surface area (Å²) in [5.41, 5.74) is 3.07. The Bertz CT molecular complexity index is 811. The van der Waals surface area contributed by atoms with Crippen molar-refractivity contribution in [3.63, 3.8) is 0 Å². The highest BCUT2D eigenvalue weighted by Gasteiger charge is 2.16. The van der Waals surface area contributed by atoms with Crippen molar-refractivity contribution in [3.05, 3.63) is 107 Å². The van der Waals surface area contributed by atoms with E-state index in [1.54, 1.807) is 12.1 Å². The lowest BCUT2D eigenvalue weighted by molar-refractivity contribution is -0.121. The molecule has 0 unspecified atom stereocenters. The predicted octanol–water partition coefficient (Wildman–Crippen LogP) is 4.38. The fraction of sp³-hybridized carbons (Fsp3) is 0.174. The van der Waals surface area contributed by atoms with Gasteiger partial charge in [-0.3, -0.25) is 10.1 Å². The van der Waals surface area contributed by atoms with Crippen molar-refractivity contribution in [2.75, 3.05) is 6.54 Å². The van der Waals surface area contributed by atoms with E-state index in [1.165, 1.54) is 12.1 Å². The van der Waals surface area contributed by atoms with Crippen molar-refractivity contribution < 1.29 is 9.18 Å². The van der Waals surface area contributed by atoms with Crippen molar-refractivity contribution >= 4 is 5.91 Å². The summed E-state index contributed by atoms with van der Waals surface area (Å²) in [5.74, 6) is -0.392. The maximum absolute atomic E-state index is 13.0. The Hall–Kier alpha value is -2.98. The van der Waals surface area contributed by atoms with Crippen LogP contribution in [0.5, 0.6) is 0 Å². The molecule has 1 atom stereocenters. The summed E-state index contributed by atoms with van der Waals surface area (Å²) in [6.45, 7) is 2.07. The minimum absolute atomic E-state index is 0.0701. The first-order valence-electron chi connectivity index (χ1n) is 9.01. The summed E-state index contributed by atoms with van der Waals surface area (Å²) in [7, 11) is 0. The van der Waals surface area contributed by atoms with Gasteiger partial charge < -0.3 is 5.32 Å². The number of hydrogen-bond donors (Lipinski definition) is 2. The van der Waals surface area contributed by atoms with E-state index in [0.717, 1.165) is 16.7 Å². The highest BCUT2D eigenvalue weighted by atomic mass is 19.1. The van der Waals surface area contributed by atoms with Crippen LogP contribution in [0.2, 0.25) is 0 Å². The molecule has 138 valence electrons. The van der Waals surface area contributed by atoms with E-state index in [1.807, 2.05) is 67.6 Å². The zero-order valence-corrected chi connectivity index (χ0v) is 15.2. The molecule has 0 fully saturated rings. The van der Waals surface area contributed by atoms with Gasteiger partial charge in [-0.1, -0.05) is 72.8 Å². The van der Waals surface area contributed by atoms with Crippen LogP contribution < -0.4 is 10.6 Å². The molecule has 3 rings (SSSR count). The van der Waals surface area contributed by atoms with Crippen LogP contribution in [0.15, 0.2) is 84.9 Å². The van der Waals surface area contributed by atoms with Crippen LogP contribution in [0.4, 0.5) is 4.39 Å². The molecule has 27 heavy (non-hydrogen) atoms. The van der Waals surface area contributed by atoms with Crippen molar-refractivity contribution in [3.8, 4) is 0 Å². The van der Waals surface area contributed by atoms with Crippen LogP contribution in [0.3, 0.4) is 0 Å². The zero-order chi connectivity index (χ0) is 19.1. The monoisotopic (exact) mass is 362 g/mol. The Morgan fingerprint density at radius 1 is 0.815 bits per heavy atom. The highest BCUT2D eigenvalue weighted by molar-refractivity contribution is 5.78. The van der Waals surface area contributed by atoms with E-state index in [4.69, 9.17) is 0 Å². The second-order valence-electron chi connectivity index (χ2n) is 6.48. The molecule has 0 aliphatic rings. The van der Waals surface area contributed by atoms with Crippen LogP contribution in [0.1, 0.15) is 35.7 Å². The van der Waals surface area contributed by atoms with Gasteiger partial charge in [-0.2, -0.15) is 0 Å². The van der Waals surface area contributed by atoms with Gasteiger partial charge >= 0.3 is 0 Å². The van der Waals surface area contributed by atoms with Crippen molar-refractivity contribution in [1.29, 1.82) is 0 Å². The molecule has 0 spiro atoms. The number of amides is 1. The topological polar surface area (TPSA) is 41.1 Å². The standard InChI is InChI=1S/C23H23FN2O/c1-17(18-12-14-21(24)15-13-18)26-22(27)16-25-23(19-8-4-2-5-9-19)20-10-6-3-7-11-20/h2-15,17,23,25H,16H2,1H3,(H,26,27)/t17-/m0/s1. The van der Waals surface area contributed by atoms with Crippen LogP contribution in [-0.2, 0) is 4.79 Å². The minimum atomic E-state index is -0.285. The SMILES string of the molecule is C[C@H](NC(=O)CNC(c1ccccc1)c1ccccc1)c1ccc(F)cc1. The van der Waals surface area contributed by atoms with Gasteiger partial charge in [0.15, 0.2) is 0 Å². The van der Waals surface area contributed by atoms with Gasteiger partial charge in [-0.15, -0.1) is 0 Å². The first-order valence-corrected chi connectivity index (χ1v) is 9.01. The Morgan fingerprint density at radius 3 is 1.85 bits per heavy atom. The average molecular weight is 362 g/mol. The quantitative estimate of drug-likeness (QED) is 0.655. The van der Waals surface area contributed by atoms with Gasteiger partial charge in [0.2, 0.25) is 5.91 Å². The first kappa shape index (κ1) is 18.8. The molecule has 3 nitrogen and oxygen atoms in total. The normalized spacial score (nSPS) is 12.0. The van der Waals surface area contributed by atoms with E-state index >= 15 is 0 Å². The lowest BCUT2D eigenvalue weighted by Gasteiger charge is -2.21. The number of halogens is 1. The molecule has 3 aromatic carbocycles. The molecule has 0 saturated heterocycles. The Morgan fingerprint density at radius 2 is 1.33 bits per heavy atom. The molecular formula is C23H23FN2O. The van der Waals surface area contributed by atoms with Crippen LogP contribution in [-0.4, -0.2) is 12.5 Å². The molecular weight excluding hydrogens is 339 g/mol. The summed E-state index contributed by atoms with van der Waals surface area (Å²) in [5, 5.41) is 6.30. The second-order valence-corrected chi connectivity index (χ2v) is 6.48. The third-order valence-corrected chi connectivity index (χ3v) is 4.48. The maximum Gasteiger partial charge on any atom is 0.234 e. The number of nitrogens with one attached hydrogen (secondary N) is 2. The first-order chi connectivity index (χ1) is 13.1. The predicted molar refractivity (Wildman–Crippen MR) is 106 cm³/mol. The van der Waals surface area contributed by atoms with Gasteiger partial charge in [-0.05, 0) is 35.7 Å². The highest BCUT2D eigenvalue weighted by Crippen LogP contribution is 2.21. The number of hydrogen-bond acceptors (Lipinski definition) is 2. The lowest BCUT2D eigenvalue weighted by Crippen LogP contribution is -2.37. The van der Waals surface area contributed by atoms with Crippen LogP contribution in [0, 0.1) is 5.82 Å². The molecule has 3 aromatic rings. The van der Waals surface area contributed by atoms with E-state index < -0.39 is 0 Å². The summed E-state index contributed by atoms with van der Waals surface area (Å²) in [6, 6.07) is 26.0. The molecule has 0 radical (unpaired) electrons. The van der Waals surface area contributed by atoms with Gasteiger partial charge in [0, 0.05) is 0 Å². The summed E-state index contributed by atoms with van der Waals surface area (Å²) in [6.07, 6.45) is 0. The Balaban J connectivity index is 1.64. The van der Waals surface area contributed by atoms with Gasteiger partial charge in [0.05, 0.1) is 18.6 Å². The fourth-order valence-electron chi connectivity index (χ4n) is 3.04. The molecule has 0 aliphatic heterocycles. The third kappa shape index (κ3) is 5.25. The number of carbonyl (C=O) groups excluding carboxylic acids is 1. The number of carbonyl (C=O) groups is 1. The Kier molecular flexibility index (Phi) is 6.34. The number of rotatable bonds is 7. The molecule has 0 bridgehead atoms. The van der Waals surface area contributed by atoms with Gasteiger partial charge in [0.1, 0.15) is 5.82 Å². The van der Waals surface area contributed by atoms with Crippen molar-refractivity contribution in [1.82, 2.24) is 10.6 Å². The second kappa shape index (κ2) is 9.10. The van der Waals surface area contributed by atoms with Gasteiger partial charge in [-0.25, -0.2) is 4.39 Å². The average Bonchev–Trinajstić information content (AvgIpc) is 2.70. The van der Waals surface area contributed by atoms with E-state index in [9.17, 15) is 9.18 Å². The van der Waals surface area contributed by atoms with Gasteiger partial charge in [0.25, 0.3) is 0 Å². The molecule has 0 heterocycles. The van der Waals surface area contributed by atoms with Crippen molar-refractivity contribution in [2.24, 2.45) is 0 Å². The summed E-state index contributed by atoms with van der Waals surface area (Å²) in [4.78, 5) is 12.4. The maximum atomic E-state index is 13.0. The third-order valence-electron chi connectivity index (χ3n) is 4.48. The summed E-state index contributed by atoms with van der Waals surface area (Å²) < 4.78 is 13.0. The molecule has 0 saturated carbocycles. The fourth-order valence-corrected chi connectivity index (χ4v) is 3.04. The largest absolute Gasteiger partial charge is 0.348 e. The van der Waals surface area contributed by atoms with Crippen LogP contribution >= 0.6 is 0 Å². The smallest absolute Gasteiger partial charge is 0.234 e. The van der Waals surface area contributed by atoms with Crippen LogP contribution in [0.25, 0.3) is 0 Å². The molecule has 0 aliphatic carbocycles. The molecule has 4 heteroatoms. The zero-order valence-electron chi connectivity index (χ0n) is 15.2. The number of benzene rings is 3. The van der Waals surface area contributed by atoms with E-state index in [-0.39, 0.29) is 30.4 Å². The summed E-state index contributed by atoms with van der Waals surface area (Å²) >= 11 is 0. The molecule has 2 N–H and O–H groups in total. The van der Waals surface area contributed by atoms with Crippen molar-refractivity contribution in [2.45, 2.75) is 19.0 Å². The molecule has 0 aromatic heterocycles. The lowest BCUT2D eigenvalue weighted by atomic mass is 9.99. The molecule has 1 amide bonds. The van der Waals surface area contributed by atoms with E-state index in [0.29, 0.717) is 0 Å². The van der Waals surface area contributed by atoms with E-state index in [2.05, 4.69) is 10.6 Å². The Labute approximate surface area is 159 Å².